The van der Waals surface area contributed by atoms with Crippen LogP contribution in [0.3, 0.4) is 0 Å². The predicted molar refractivity (Wildman–Crippen MR) is 71.2 cm³/mol. The van der Waals surface area contributed by atoms with Crippen molar-refractivity contribution in [2.24, 2.45) is 5.92 Å². The second kappa shape index (κ2) is 4.93. The number of rotatable bonds is 2. The van der Waals surface area contributed by atoms with Gasteiger partial charge in [-0.2, -0.15) is 26.3 Å². The molecule has 1 fully saturated rings. The SMILES string of the molecule is O=C(OS1(C(F)(F)F)C(C2CC2)=Cc2ccccc21)C(F)(F)F. The number of fused-ring (bicyclic) bond motifs is 1. The van der Waals surface area contributed by atoms with Crippen LogP contribution in [-0.2, 0) is 8.98 Å². The molecule has 2 nitrogen and oxygen atoms in total. The molecule has 3 rings (SSSR count). The molecule has 1 aliphatic heterocycles. The molecule has 0 bridgehead atoms. The molecule has 1 unspecified atom stereocenters. The number of carbonyl (C=O) groups is 1. The molecule has 1 saturated carbocycles. The molecule has 9 heteroatoms. The Kier molecular flexibility index (Phi) is 3.48. The standard InChI is InChI=1S/C14H10F6O2S/c15-13(16,17)12(21)22-23(14(18,19)20)10-4-2-1-3-9(10)7-11(23)8-5-6-8/h1-4,7-8H,5-6H2. The number of hydrogen-bond acceptors (Lipinski definition) is 2. The predicted octanol–water partition coefficient (Wildman–Crippen LogP) is 5.15. The Balaban J connectivity index is 2.18. The molecule has 1 atom stereocenters. The summed E-state index contributed by atoms with van der Waals surface area (Å²) in [5.74, 6) is -3.31. The summed E-state index contributed by atoms with van der Waals surface area (Å²) in [5, 5.41) is 0. The molecule has 2 aliphatic rings. The van der Waals surface area contributed by atoms with Crippen LogP contribution in [0, 0.1) is 5.92 Å². The van der Waals surface area contributed by atoms with Gasteiger partial charge in [0.2, 0.25) is 0 Å². The van der Waals surface area contributed by atoms with E-state index in [0.717, 1.165) is 6.07 Å². The van der Waals surface area contributed by atoms with Gasteiger partial charge >= 0.3 is 17.7 Å². The van der Waals surface area contributed by atoms with E-state index in [0.29, 0.717) is 12.8 Å². The van der Waals surface area contributed by atoms with Gasteiger partial charge in [0.15, 0.2) is 0 Å². The third kappa shape index (κ3) is 2.50. The largest absolute Gasteiger partial charge is 0.491 e. The van der Waals surface area contributed by atoms with Gasteiger partial charge < -0.3 is 4.18 Å². The van der Waals surface area contributed by atoms with Crippen molar-refractivity contribution in [3.8, 4) is 0 Å². The summed E-state index contributed by atoms with van der Waals surface area (Å²) in [6.45, 7) is 0. The van der Waals surface area contributed by atoms with Crippen LogP contribution in [-0.4, -0.2) is 17.7 Å². The summed E-state index contributed by atoms with van der Waals surface area (Å²) in [6, 6.07) is 5.22. The van der Waals surface area contributed by atoms with Crippen molar-refractivity contribution >= 4 is 22.4 Å². The average molecular weight is 356 g/mol. The topological polar surface area (TPSA) is 26.3 Å². The first-order chi connectivity index (χ1) is 10.6. The fourth-order valence-electron chi connectivity index (χ4n) is 2.50. The lowest BCUT2D eigenvalue weighted by Gasteiger charge is -2.39. The smallest absolute Gasteiger partial charge is 0.392 e. The Morgan fingerprint density at radius 2 is 1.70 bits per heavy atom. The van der Waals surface area contributed by atoms with Gasteiger partial charge in [-0.3, -0.25) is 0 Å². The van der Waals surface area contributed by atoms with E-state index in [4.69, 9.17) is 0 Å². The van der Waals surface area contributed by atoms with Crippen molar-refractivity contribution < 1.29 is 35.3 Å². The minimum Gasteiger partial charge on any atom is -0.392 e. The lowest BCUT2D eigenvalue weighted by Crippen LogP contribution is -2.32. The van der Waals surface area contributed by atoms with Gasteiger partial charge in [-0.25, -0.2) is 4.79 Å². The lowest BCUT2D eigenvalue weighted by molar-refractivity contribution is -0.189. The Morgan fingerprint density at radius 1 is 1.09 bits per heavy atom. The van der Waals surface area contributed by atoms with Crippen LogP contribution in [0.5, 0.6) is 0 Å². The van der Waals surface area contributed by atoms with E-state index >= 15 is 0 Å². The normalized spacial score (nSPS) is 27.0. The maximum Gasteiger partial charge on any atom is 0.491 e. The summed E-state index contributed by atoms with van der Waals surface area (Å²) in [6.07, 6.45) is -3.39. The van der Waals surface area contributed by atoms with Crippen molar-refractivity contribution in [3.05, 3.63) is 34.7 Å². The molecular formula is C14H10F6O2S. The first-order valence-corrected chi connectivity index (χ1v) is 8.14. The molecule has 1 heterocycles. The van der Waals surface area contributed by atoms with Gasteiger partial charge in [0, 0.05) is 9.80 Å². The van der Waals surface area contributed by atoms with E-state index in [9.17, 15) is 31.1 Å². The highest BCUT2D eigenvalue weighted by atomic mass is 32.3. The van der Waals surface area contributed by atoms with Gasteiger partial charge in [-0.15, -0.1) is 0 Å². The van der Waals surface area contributed by atoms with Gasteiger partial charge in [0.1, 0.15) is 0 Å². The van der Waals surface area contributed by atoms with Gasteiger partial charge in [-0.1, -0.05) is 18.2 Å². The van der Waals surface area contributed by atoms with E-state index in [1.165, 1.54) is 24.3 Å². The third-order valence-corrected chi connectivity index (χ3v) is 6.76. The number of allylic oxidation sites excluding steroid dienone is 1. The monoisotopic (exact) mass is 356 g/mol. The van der Waals surface area contributed by atoms with Crippen LogP contribution < -0.4 is 0 Å². The summed E-state index contributed by atoms with van der Waals surface area (Å²) < 4.78 is 83.3. The van der Waals surface area contributed by atoms with Gasteiger partial charge in [0.25, 0.3) is 0 Å². The van der Waals surface area contributed by atoms with Crippen LogP contribution in [0.1, 0.15) is 18.4 Å². The second-order valence-electron chi connectivity index (χ2n) is 5.23. The highest BCUT2D eigenvalue weighted by Gasteiger charge is 2.64. The van der Waals surface area contributed by atoms with E-state index in [-0.39, 0.29) is 10.5 Å². The fourth-order valence-corrected chi connectivity index (χ4v) is 5.60. The number of alkyl halides is 6. The quantitative estimate of drug-likeness (QED) is 0.685. The van der Waals surface area contributed by atoms with Gasteiger partial charge in [0.05, 0.1) is 10.3 Å². The Morgan fingerprint density at radius 3 is 2.22 bits per heavy atom. The average Bonchev–Trinajstić information content (AvgIpc) is 3.20. The molecular weight excluding hydrogens is 346 g/mol. The minimum absolute atomic E-state index is 0.150. The zero-order valence-electron chi connectivity index (χ0n) is 11.4. The van der Waals surface area contributed by atoms with Crippen LogP contribution >= 0.6 is 10.3 Å². The molecule has 0 saturated heterocycles. The molecule has 126 valence electrons. The molecule has 1 aromatic carbocycles. The van der Waals surface area contributed by atoms with Gasteiger partial charge in [-0.05, 0) is 36.5 Å². The lowest BCUT2D eigenvalue weighted by atomic mass is 10.2. The van der Waals surface area contributed by atoms with Crippen molar-refractivity contribution in [3.63, 3.8) is 0 Å². The molecule has 0 amide bonds. The zero-order valence-corrected chi connectivity index (χ0v) is 12.2. The fraction of sp³-hybridized carbons (Fsp3) is 0.357. The van der Waals surface area contributed by atoms with E-state index < -0.39 is 38.8 Å². The van der Waals surface area contributed by atoms with Crippen molar-refractivity contribution in [2.45, 2.75) is 29.4 Å². The van der Waals surface area contributed by atoms with Crippen LogP contribution in [0.25, 0.3) is 6.08 Å². The molecule has 23 heavy (non-hydrogen) atoms. The van der Waals surface area contributed by atoms with Crippen molar-refractivity contribution in [1.82, 2.24) is 0 Å². The number of benzene rings is 1. The zero-order chi connectivity index (χ0) is 17.0. The Bertz CT molecular complexity index is 689. The Labute approximate surface area is 128 Å². The second-order valence-corrected chi connectivity index (χ2v) is 7.88. The molecule has 1 aromatic rings. The number of carbonyl (C=O) groups excluding carboxylic acids is 1. The minimum atomic E-state index is -5.49. The third-order valence-electron chi connectivity index (χ3n) is 3.60. The van der Waals surface area contributed by atoms with E-state index in [1.807, 2.05) is 0 Å². The molecule has 0 radical (unpaired) electrons. The Hall–Kier alpha value is -1.64. The highest BCUT2D eigenvalue weighted by molar-refractivity contribution is 8.34. The summed E-state index contributed by atoms with van der Waals surface area (Å²) in [4.78, 5) is 10.6. The first-order valence-electron chi connectivity index (χ1n) is 6.58. The maximum atomic E-state index is 13.8. The highest BCUT2D eigenvalue weighted by Crippen LogP contribution is 2.80. The van der Waals surface area contributed by atoms with E-state index in [1.54, 1.807) is 0 Å². The molecule has 0 aromatic heterocycles. The maximum absolute atomic E-state index is 13.8. The summed E-state index contributed by atoms with van der Waals surface area (Å²) in [5.41, 5.74) is -4.97. The van der Waals surface area contributed by atoms with Crippen LogP contribution in [0.4, 0.5) is 26.3 Å². The van der Waals surface area contributed by atoms with Crippen LogP contribution in [0.2, 0.25) is 0 Å². The van der Waals surface area contributed by atoms with E-state index in [2.05, 4.69) is 4.18 Å². The summed E-state index contributed by atoms with van der Waals surface area (Å²) >= 11 is 0. The number of halogens is 6. The molecule has 0 spiro atoms. The number of hydrogen-bond donors (Lipinski definition) is 0. The summed E-state index contributed by atoms with van der Waals surface area (Å²) in [7, 11) is -4.51. The van der Waals surface area contributed by atoms with Crippen LogP contribution in [0.15, 0.2) is 34.1 Å². The molecule has 0 N–H and O–H groups in total. The first kappa shape index (κ1) is 16.2. The van der Waals surface area contributed by atoms with Crippen molar-refractivity contribution in [2.75, 3.05) is 0 Å². The van der Waals surface area contributed by atoms with Crippen molar-refractivity contribution in [1.29, 1.82) is 0 Å². The molecule has 1 aliphatic carbocycles.